The van der Waals surface area contributed by atoms with Crippen molar-refractivity contribution in [1.29, 1.82) is 0 Å². The average molecular weight is 292 g/mol. The van der Waals surface area contributed by atoms with Crippen LogP contribution in [-0.2, 0) is 6.54 Å². The fourth-order valence-electron chi connectivity index (χ4n) is 1.72. The van der Waals surface area contributed by atoms with Gasteiger partial charge in [0.05, 0.1) is 11.6 Å². The number of nitrogens with two attached hydrogens (primary N) is 1. The summed E-state index contributed by atoms with van der Waals surface area (Å²) in [6.07, 6.45) is 0. The SMILES string of the molecule is Cc1cccc(NC(N)=NCc2ccc(F)c(Cl)c2)c1. The van der Waals surface area contributed by atoms with Gasteiger partial charge in [-0.25, -0.2) is 9.38 Å². The minimum absolute atomic E-state index is 0.0860. The average Bonchev–Trinajstić information content (AvgIpc) is 2.40. The van der Waals surface area contributed by atoms with Gasteiger partial charge in [0.2, 0.25) is 0 Å². The fourth-order valence-corrected chi connectivity index (χ4v) is 1.93. The van der Waals surface area contributed by atoms with Crippen LogP contribution in [0.5, 0.6) is 0 Å². The Morgan fingerprint density at radius 1 is 1.30 bits per heavy atom. The first-order chi connectivity index (χ1) is 9.54. The summed E-state index contributed by atoms with van der Waals surface area (Å²) in [7, 11) is 0. The van der Waals surface area contributed by atoms with Gasteiger partial charge in [-0.05, 0) is 42.3 Å². The van der Waals surface area contributed by atoms with Crippen LogP contribution in [0.4, 0.5) is 10.1 Å². The first-order valence-corrected chi connectivity index (χ1v) is 6.50. The van der Waals surface area contributed by atoms with Crippen LogP contribution in [-0.4, -0.2) is 5.96 Å². The van der Waals surface area contributed by atoms with E-state index >= 15 is 0 Å². The standard InChI is InChI=1S/C15H15ClFN3/c1-10-3-2-4-12(7-10)20-15(18)19-9-11-5-6-14(17)13(16)8-11/h2-8H,9H2,1H3,(H3,18,19,20). The number of hydrogen-bond acceptors (Lipinski definition) is 1. The summed E-state index contributed by atoms with van der Waals surface area (Å²) in [6, 6.07) is 12.3. The van der Waals surface area contributed by atoms with E-state index in [2.05, 4.69) is 10.3 Å². The largest absolute Gasteiger partial charge is 0.370 e. The van der Waals surface area contributed by atoms with E-state index in [-0.39, 0.29) is 5.02 Å². The Morgan fingerprint density at radius 2 is 2.10 bits per heavy atom. The van der Waals surface area contributed by atoms with Gasteiger partial charge in [-0.3, -0.25) is 0 Å². The van der Waals surface area contributed by atoms with Gasteiger partial charge in [0.1, 0.15) is 5.82 Å². The van der Waals surface area contributed by atoms with Crippen LogP contribution in [0.15, 0.2) is 47.5 Å². The number of aliphatic imine (C=N–C) groups is 1. The molecule has 0 atom stereocenters. The summed E-state index contributed by atoms with van der Waals surface area (Å²) in [5.74, 6) is -0.138. The summed E-state index contributed by atoms with van der Waals surface area (Å²) < 4.78 is 13.0. The molecule has 20 heavy (non-hydrogen) atoms. The monoisotopic (exact) mass is 291 g/mol. The van der Waals surface area contributed by atoms with Gasteiger partial charge in [-0.2, -0.15) is 0 Å². The maximum atomic E-state index is 13.0. The molecule has 3 nitrogen and oxygen atoms in total. The zero-order valence-corrected chi connectivity index (χ0v) is 11.8. The molecule has 2 aromatic rings. The topological polar surface area (TPSA) is 50.4 Å². The van der Waals surface area contributed by atoms with Crippen LogP contribution in [0.3, 0.4) is 0 Å². The molecule has 104 valence electrons. The van der Waals surface area contributed by atoms with Crippen molar-refractivity contribution in [1.82, 2.24) is 0 Å². The lowest BCUT2D eigenvalue weighted by atomic mass is 10.2. The number of halogens is 2. The van der Waals surface area contributed by atoms with Gasteiger partial charge in [-0.1, -0.05) is 29.8 Å². The number of anilines is 1. The third-order valence-electron chi connectivity index (χ3n) is 2.71. The Hall–Kier alpha value is -2.07. The number of hydrogen-bond donors (Lipinski definition) is 2. The normalized spacial score (nSPS) is 11.4. The van der Waals surface area contributed by atoms with E-state index in [9.17, 15) is 4.39 Å². The summed E-state index contributed by atoms with van der Waals surface area (Å²) >= 11 is 5.71. The lowest BCUT2D eigenvalue weighted by molar-refractivity contribution is 0.627. The Labute approximate surface area is 122 Å². The van der Waals surface area contributed by atoms with Crippen LogP contribution in [0.2, 0.25) is 5.02 Å². The fraction of sp³-hybridized carbons (Fsp3) is 0.133. The summed E-state index contributed by atoms with van der Waals surface area (Å²) in [6.45, 7) is 2.34. The predicted molar refractivity (Wildman–Crippen MR) is 81.5 cm³/mol. The summed E-state index contributed by atoms with van der Waals surface area (Å²) in [5, 5.41) is 3.09. The second-order valence-electron chi connectivity index (χ2n) is 4.44. The first kappa shape index (κ1) is 14.3. The Bertz CT molecular complexity index is 641. The van der Waals surface area contributed by atoms with Crippen molar-refractivity contribution in [3.63, 3.8) is 0 Å². The lowest BCUT2D eigenvalue weighted by Crippen LogP contribution is -2.22. The second-order valence-corrected chi connectivity index (χ2v) is 4.85. The Morgan fingerprint density at radius 3 is 2.80 bits per heavy atom. The third-order valence-corrected chi connectivity index (χ3v) is 3.00. The van der Waals surface area contributed by atoms with E-state index in [0.29, 0.717) is 12.5 Å². The molecule has 0 saturated carbocycles. The van der Waals surface area contributed by atoms with E-state index in [4.69, 9.17) is 17.3 Å². The third kappa shape index (κ3) is 3.96. The molecule has 0 spiro atoms. The minimum Gasteiger partial charge on any atom is -0.370 e. The zero-order valence-electron chi connectivity index (χ0n) is 11.0. The molecule has 0 radical (unpaired) electrons. The van der Waals surface area contributed by atoms with Crippen molar-refractivity contribution >= 4 is 23.2 Å². The summed E-state index contributed by atoms with van der Waals surface area (Å²) in [5.41, 5.74) is 8.61. The molecule has 0 aliphatic rings. The highest BCUT2D eigenvalue weighted by atomic mass is 35.5. The second kappa shape index (κ2) is 6.39. The van der Waals surface area contributed by atoms with Crippen molar-refractivity contribution in [3.8, 4) is 0 Å². The van der Waals surface area contributed by atoms with E-state index in [1.807, 2.05) is 31.2 Å². The maximum absolute atomic E-state index is 13.0. The number of guanidine groups is 1. The van der Waals surface area contributed by atoms with Crippen LogP contribution in [0, 0.1) is 12.7 Å². The van der Waals surface area contributed by atoms with E-state index in [0.717, 1.165) is 16.8 Å². The molecule has 0 aromatic heterocycles. The molecule has 0 fully saturated rings. The highest BCUT2D eigenvalue weighted by molar-refractivity contribution is 6.30. The first-order valence-electron chi connectivity index (χ1n) is 6.12. The zero-order chi connectivity index (χ0) is 14.5. The smallest absolute Gasteiger partial charge is 0.193 e. The van der Waals surface area contributed by atoms with Crippen molar-refractivity contribution in [2.24, 2.45) is 10.7 Å². The van der Waals surface area contributed by atoms with Crippen LogP contribution < -0.4 is 11.1 Å². The van der Waals surface area contributed by atoms with Crippen LogP contribution in [0.25, 0.3) is 0 Å². The van der Waals surface area contributed by atoms with Gasteiger partial charge in [0.15, 0.2) is 5.96 Å². The van der Waals surface area contributed by atoms with Gasteiger partial charge in [0.25, 0.3) is 0 Å². The predicted octanol–water partition coefficient (Wildman–Crippen LogP) is 3.71. The quantitative estimate of drug-likeness (QED) is 0.669. The van der Waals surface area contributed by atoms with Gasteiger partial charge in [-0.15, -0.1) is 0 Å². The van der Waals surface area contributed by atoms with Gasteiger partial charge < -0.3 is 11.1 Å². The highest BCUT2D eigenvalue weighted by Crippen LogP contribution is 2.16. The molecule has 0 aliphatic carbocycles. The van der Waals surface area contributed by atoms with Crippen molar-refractivity contribution in [2.75, 3.05) is 5.32 Å². The molecular weight excluding hydrogens is 277 g/mol. The lowest BCUT2D eigenvalue weighted by Gasteiger charge is -2.06. The number of rotatable bonds is 3. The Balaban J connectivity index is 2.02. The summed E-state index contributed by atoms with van der Waals surface area (Å²) in [4.78, 5) is 4.19. The van der Waals surface area contributed by atoms with Crippen molar-refractivity contribution < 1.29 is 4.39 Å². The van der Waals surface area contributed by atoms with Crippen LogP contribution in [0.1, 0.15) is 11.1 Å². The number of benzene rings is 2. The molecule has 0 unspecified atom stereocenters. The molecule has 2 rings (SSSR count). The number of aryl methyl sites for hydroxylation is 1. The van der Waals surface area contributed by atoms with E-state index < -0.39 is 5.82 Å². The highest BCUT2D eigenvalue weighted by Gasteiger charge is 2.01. The molecular formula is C15H15ClFN3. The van der Waals surface area contributed by atoms with Crippen LogP contribution >= 0.6 is 11.6 Å². The molecule has 0 bridgehead atoms. The molecule has 0 amide bonds. The molecule has 5 heteroatoms. The van der Waals surface area contributed by atoms with E-state index in [1.165, 1.54) is 6.07 Å². The van der Waals surface area contributed by atoms with Gasteiger partial charge >= 0.3 is 0 Å². The molecule has 3 N–H and O–H groups in total. The molecule has 0 aliphatic heterocycles. The molecule has 0 saturated heterocycles. The number of nitrogens with zero attached hydrogens (tertiary/aromatic N) is 1. The molecule has 0 heterocycles. The molecule has 2 aromatic carbocycles. The maximum Gasteiger partial charge on any atom is 0.193 e. The van der Waals surface area contributed by atoms with E-state index in [1.54, 1.807) is 12.1 Å². The van der Waals surface area contributed by atoms with Crippen molar-refractivity contribution in [2.45, 2.75) is 13.5 Å². The Kier molecular flexibility index (Phi) is 4.58. The van der Waals surface area contributed by atoms with Crippen molar-refractivity contribution in [3.05, 3.63) is 64.4 Å². The van der Waals surface area contributed by atoms with Gasteiger partial charge in [0, 0.05) is 5.69 Å². The number of nitrogens with one attached hydrogen (secondary N) is 1. The minimum atomic E-state index is -0.440.